The first-order valence-corrected chi connectivity index (χ1v) is 7.76. The second kappa shape index (κ2) is 6.27. The molecule has 0 aliphatic rings. The Kier molecular flexibility index (Phi) is 4.16. The van der Waals surface area contributed by atoms with E-state index in [-0.39, 0.29) is 23.1 Å². The van der Waals surface area contributed by atoms with Crippen molar-refractivity contribution in [2.24, 2.45) is 13.0 Å². The van der Waals surface area contributed by atoms with E-state index < -0.39 is 0 Å². The molecule has 7 nitrogen and oxygen atoms in total. The number of aromatic nitrogens is 4. The van der Waals surface area contributed by atoms with Gasteiger partial charge in [0.05, 0.1) is 5.39 Å². The minimum Gasteiger partial charge on any atom is -0.304 e. The lowest BCUT2D eigenvalue weighted by Crippen LogP contribution is -2.29. The molecular formula is C17H19N5O2. The summed E-state index contributed by atoms with van der Waals surface area (Å²) >= 11 is 0. The number of anilines is 1. The molecular weight excluding hydrogens is 306 g/mol. The number of carbonyl (C=O) groups is 1. The summed E-state index contributed by atoms with van der Waals surface area (Å²) in [4.78, 5) is 25.2. The fourth-order valence-corrected chi connectivity index (χ4v) is 2.53. The summed E-state index contributed by atoms with van der Waals surface area (Å²) in [7, 11) is 1.77. The number of aryl methyl sites for hydroxylation is 1. The van der Waals surface area contributed by atoms with Crippen LogP contribution in [0.1, 0.15) is 24.3 Å². The lowest BCUT2D eigenvalue weighted by Gasteiger charge is -2.12. The molecule has 1 N–H and O–H groups in total. The summed E-state index contributed by atoms with van der Waals surface area (Å²) in [6.45, 7) is 4.45. The maximum absolute atomic E-state index is 12.6. The molecule has 0 aliphatic heterocycles. The van der Waals surface area contributed by atoms with Crippen LogP contribution in [0, 0.1) is 5.92 Å². The third-order valence-corrected chi connectivity index (χ3v) is 3.58. The van der Waals surface area contributed by atoms with Crippen molar-refractivity contribution in [1.82, 2.24) is 19.6 Å². The van der Waals surface area contributed by atoms with Crippen LogP contribution in [-0.4, -0.2) is 25.5 Å². The Morgan fingerprint density at radius 1 is 1.17 bits per heavy atom. The maximum Gasteiger partial charge on any atom is 0.277 e. The van der Waals surface area contributed by atoms with Crippen LogP contribution in [0.3, 0.4) is 0 Å². The maximum atomic E-state index is 12.6. The largest absolute Gasteiger partial charge is 0.304 e. The monoisotopic (exact) mass is 325 g/mol. The molecule has 0 spiro atoms. The van der Waals surface area contributed by atoms with Crippen molar-refractivity contribution in [2.75, 3.05) is 5.32 Å². The van der Waals surface area contributed by atoms with Gasteiger partial charge in [0.15, 0.2) is 11.5 Å². The van der Waals surface area contributed by atoms with Crippen LogP contribution in [-0.2, 0) is 13.6 Å². The van der Waals surface area contributed by atoms with Crippen molar-refractivity contribution >= 4 is 22.5 Å². The molecule has 3 rings (SSSR count). The number of nitrogens with one attached hydrogen (secondary N) is 1. The number of hydrogen-bond donors (Lipinski definition) is 1. The highest BCUT2D eigenvalue weighted by molar-refractivity contribution is 6.10. The molecule has 1 aromatic carbocycles. The van der Waals surface area contributed by atoms with Gasteiger partial charge in [-0.05, 0) is 12.0 Å². The van der Waals surface area contributed by atoms with Gasteiger partial charge >= 0.3 is 0 Å². The van der Waals surface area contributed by atoms with E-state index in [1.54, 1.807) is 48.3 Å². The highest BCUT2D eigenvalue weighted by Crippen LogP contribution is 2.15. The van der Waals surface area contributed by atoms with Gasteiger partial charge in [0, 0.05) is 31.2 Å². The molecule has 0 atom stereocenters. The number of fused-ring (bicyclic) bond motifs is 1. The topological polar surface area (TPSA) is 81.8 Å². The zero-order chi connectivity index (χ0) is 17.3. The molecule has 0 saturated heterocycles. The lowest BCUT2D eigenvalue weighted by atomic mass is 10.1. The smallest absolute Gasteiger partial charge is 0.277 e. The van der Waals surface area contributed by atoms with Crippen LogP contribution in [0.25, 0.3) is 10.8 Å². The van der Waals surface area contributed by atoms with Crippen molar-refractivity contribution in [3.63, 3.8) is 0 Å². The summed E-state index contributed by atoms with van der Waals surface area (Å²) in [5, 5.41) is 12.2. The molecule has 0 aliphatic carbocycles. The molecule has 24 heavy (non-hydrogen) atoms. The molecule has 2 aromatic heterocycles. The van der Waals surface area contributed by atoms with E-state index in [1.165, 1.54) is 4.68 Å². The minimum atomic E-state index is -0.387. The summed E-state index contributed by atoms with van der Waals surface area (Å²) < 4.78 is 2.96. The van der Waals surface area contributed by atoms with Gasteiger partial charge in [-0.3, -0.25) is 14.3 Å². The number of rotatable bonds is 4. The van der Waals surface area contributed by atoms with Crippen LogP contribution in [0.2, 0.25) is 0 Å². The Morgan fingerprint density at radius 2 is 1.88 bits per heavy atom. The second-order valence-electron chi connectivity index (χ2n) is 6.10. The third kappa shape index (κ3) is 3.05. The van der Waals surface area contributed by atoms with Crippen molar-refractivity contribution in [3.8, 4) is 0 Å². The minimum absolute atomic E-state index is 0.186. The normalized spacial score (nSPS) is 11.2. The molecule has 2 heterocycles. The first-order chi connectivity index (χ1) is 11.5. The quantitative estimate of drug-likeness (QED) is 0.796. The average molecular weight is 325 g/mol. The molecule has 0 fully saturated rings. The molecule has 0 unspecified atom stereocenters. The highest BCUT2D eigenvalue weighted by atomic mass is 16.2. The van der Waals surface area contributed by atoms with E-state index in [9.17, 15) is 9.59 Å². The molecule has 124 valence electrons. The molecule has 0 saturated carbocycles. The van der Waals surface area contributed by atoms with Gasteiger partial charge in [-0.25, -0.2) is 4.68 Å². The number of amides is 1. The van der Waals surface area contributed by atoms with Crippen LogP contribution >= 0.6 is 0 Å². The zero-order valence-electron chi connectivity index (χ0n) is 13.9. The summed E-state index contributed by atoms with van der Waals surface area (Å²) in [5.41, 5.74) is 0.0326. The van der Waals surface area contributed by atoms with E-state index in [4.69, 9.17) is 0 Å². The third-order valence-electron chi connectivity index (χ3n) is 3.58. The van der Waals surface area contributed by atoms with Gasteiger partial charge in [0.25, 0.3) is 11.5 Å². The van der Waals surface area contributed by atoms with Gasteiger partial charge in [0.2, 0.25) is 0 Å². The Hall–Kier alpha value is -2.96. The van der Waals surface area contributed by atoms with E-state index in [0.29, 0.717) is 23.1 Å². The zero-order valence-corrected chi connectivity index (χ0v) is 13.9. The van der Waals surface area contributed by atoms with Crippen molar-refractivity contribution < 1.29 is 4.79 Å². The van der Waals surface area contributed by atoms with Crippen LogP contribution in [0.4, 0.5) is 5.82 Å². The van der Waals surface area contributed by atoms with Crippen molar-refractivity contribution in [3.05, 3.63) is 52.6 Å². The predicted octanol–water partition coefficient (Wildman–Crippen LogP) is 2.04. The van der Waals surface area contributed by atoms with Crippen LogP contribution < -0.4 is 10.9 Å². The fraction of sp³-hybridized carbons (Fsp3) is 0.294. The SMILES string of the molecule is CC(C)Cn1nc(C(=O)Nc2ccn(C)n2)c2ccccc2c1=O. The van der Waals surface area contributed by atoms with Crippen molar-refractivity contribution in [2.45, 2.75) is 20.4 Å². The van der Waals surface area contributed by atoms with E-state index >= 15 is 0 Å². The number of hydrogen-bond acceptors (Lipinski definition) is 4. The van der Waals surface area contributed by atoms with Crippen molar-refractivity contribution in [1.29, 1.82) is 0 Å². The Morgan fingerprint density at radius 3 is 2.50 bits per heavy atom. The Bertz CT molecular complexity index is 955. The summed E-state index contributed by atoms with van der Waals surface area (Å²) in [6.07, 6.45) is 1.74. The predicted molar refractivity (Wildman–Crippen MR) is 92.0 cm³/mol. The second-order valence-corrected chi connectivity index (χ2v) is 6.10. The average Bonchev–Trinajstić information content (AvgIpc) is 2.94. The standard InChI is InChI=1S/C17H19N5O2/c1-11(2)10-22-17(24)13-7-5-4-6-12(13)15(20-22)16(23)18-14-8-9-21(3)19-14/h4-9,11H,10H2,1-3H3,(H,18,19,23). The van der Waals surface area contributed by atoms with Crippen LogP contribution in [0.5, 0.6) is 0 Å². The summed E-state index contributed by atoms with van der Waals surface area (Å²) in [6, 6.07) is 8.71. The van der Waals surface area contributed by atoms with Gasteiger partial charge in [-0.15, -0.1) is 0 Å². The lowest BCUT2D eigenvalue weighted by molar-refractivity contribution is 0.102. The van der Waals surface area contributed by atoms with Gasteiger partial charge in [-0.2, -0.15) is 10.2 Å². The van der Waals surface area contributed by atoms with E-state index in [1.807, 2.05) is 13.8 Å². The Balaban J connectivity index is 2.10. The Labute approximate surface area is 138 Å². The van der Waals surface area contributed by atoms with Crippen LogP contribution in [0.15, 0.2) is 41.3 Å². The molecule has 7 heteroatoms. The highest BCUT2D eigenvalue weighted by Gasteiger charge is 2.17. The molecule has 3 aromatic rings. The fourth-order valence-electron chi connectivity index (χ4n) is 2.53. The van der Waals surface area contributed by atoms with Gasteiger partial charge < -0.3 is 5.32 Å². The number of carbonyl (C=O) groups excluding carboxylic acids is 1. The van der Waals surface area contributed by atoms with E-state index in [2.05, 4.69) is 15.5 Å². The van der Waals surface area contributed by atoms with Gasteiger partial charge in [-0.1, -0.05) is 32.0 Å². The molecule has 0 radical (unpaired) electrons. The molecule has 0 bridgehead atoms. The first kappa shape index (κ1) is 15.9. The first-order valence-electron chi connectivity index (χ1n) is 7.76. The number of nitrogens with zero attached hydrogens (tertiary/aromatic N) is 4. The summed E-state index contributed by atoms with van der Waals surface area (Å²) in [5.74, 6) is 0.292. The van der Waals surface area contributed by atoms with E-state index in [0.717, 1.165) is 0 Å². The van der Waals surface area contributed by atoms with Gasteiger partial charge in [0.1, 0.15) is 0 Å². The molecule has 1 amide bonds. The number of benzene rings is 1.